The highest BCUT2D eigenvalue weighted by molar-refractivity contribution is 7.90. The first-order valence-corrected chi connectivity index (χ1v) is 8.58. The summed E-state index contributed by atoms with van der Waals surface area (Å²) in [5.74, 6) is -0.953. The van der Waals surface area contributed by atoms with Crippen molar-refractivity contribution >= 4 is 27.9 Å². The quantitative estimate of drug-likeness (QED) is 0.740. The molecule has 0 radical (unpaired) electrons. The number of benzene rings is 1. The Labute approximate surface area is 130 Å². The molecule has 0 bridgehead atoms. The number of hydrogen-bond acceptors (Lipinski definition) is 4. The normalized spacial score (nSPS) is 11.4. The van der Waals surface area contributed by atoms with Gasteiger partial charge in [0.25, 0.3) is 11.8 Å². The van der Waals surface area contributed by atoms with Gasteiger partial charge < -0.3 is 5.32 Å². The van der Waals surface area contributed by atoms with Crippen LogP contribution < -0.4 is 10.0 Å². The Hall–Kier alpha value is -2.15. The minimum Gasteiger partial charge on any atom is -0.355 e. The number of rotatable bonds is 7. The molecule has 1 aromatic rings. The first kappa shape index (κ1) is 17.9. The van der Waals surface area contributed by atoms with E-state index in [0.29, 0.717) is 17.5 Å². The molecule has 22 heavy (non-hydrogen) atoms. The average molecular weight is 324 g/mol. The Morgan fingerprint density at radius 2 is 1.82 bits per heavy atom. The SMILES string of the molecule is CCCCS(=O)(=O)NC(=O)C=Cc1ccc(C(=O)NC)cc1. The predicted octanol–water partition coefficient (Wildman–Crippen LogP) is 1.31. The van der Waals surface area contributed by atoms with Gasteiger partial charge in [-0.05, 0) is 30.2 Å². The van der Waals surface area contributed by atoms with Crippen molar-refractivity contribution in [3.8, 4) is 0 Å². The Balaban J connectivity index is 2.64. The fourth-order valence-corrected chi connectivity index (χ4v) is 2.78. The van der Waals surface area contributed by atoms with E-state index in [0.717, 1.165) is 12.5 Å². The number of unbranched alkanes of at least 4 members (excludes halogenated alkanes) is 1. The Kier molecular flexibility index (Phi) is 6.78. The summed E-state index contributed by atoms with van der Waals surface area (Å²) in [7, 11) is -2.03. The van der Waals surface area contributed by atoms with Crippen molar-refractivity contribution in [3.05, 3.63) is 41.5 Å². The highest BCUT2D eigenvalue weighted by Crippen LogP contribution is 2.06. The van der Waals surface area contributed by atoms with Gasteiger partial charge in [-0.3, -0.25) is 9.59 Å². The summed E-state index contributed by atoms with van der Waals surface area (Å²) >= 11 is 0. The molecule has 0 saturated heterocycles. The number of nitrogens with one attached hydrogen (secondary N) is 2. The van der Waals surface area contributed by atoms with Gasteiger partial charge in [-0.15, -0.1) is 0 Å². The van der Waals surface area contributed by atoms with Crippen molar-refractivity contribution in [1.29, 1.82) is 0 Å². The van der Waals surface area contributed by atoms with E-state index in [1.165, 1.54) is 6.08 Å². The van der Waals surface area contributed by atoms with Crippen LogP contribution >= 0.6 is 0 Å². The third-order valence-corrected chi connectivity index (χ3v) is 4.19. The van der Waals surface area contributed by atoms with Crippen molar-refractivity contribution in [3.63, 3.8) is 0 Å². The van der Waals surface area contributed by atoms with E-state index < -0.39 is 15.9 Å². The molecular formula is C15H20N2O4S. The zero-order chi connectivity index (χ0) is 16.6. The van der Waals surface area contributed by atoms with Gasteiger partial charge in [0.2, 0.25) is 10.0 Å². The molecule has 120 valence electrons. The summed E-state index contributed by atoms with van der Waals surface area (Å²) in [6.45, 7) is 1.87. The molecule has 1 aromatic carbocycles. The van der Waals surface area contributed by atoms with E-state index in [1.54, 1.807) is 31.3 Å². The molecule has 0 heterocycles. The Morgan fingerprint density at radius 1 is 1.18 bits per heavy atom. The van der Waals surface area contributed by atoms with E-state index in [2.05, 4.69) is 5.32 Å². The van der Waals surface area contributed by atoms with Crippen LogP contribution in [0.25, 0.3) is 6.08 Å². The number of carbonyl (C=O) groups excluding carboxylic acids is 2. The van der Waals surface area contributed by atoms with E-state index >= 15 is 0 Å². The van der Waals surface area contributed by atoms with Gasteiger partial charge in [0.05, 0.1) is 5.75 Å². The largest absolute Gasteiger partial charge is 0.355 e. The average Bonchev–Trinajstić information content (AvgIpc) is 2.50. The molecule has 2 N–H and O–H groups in total. The second-order valence-electron chi connectivity index (χ2n) is 4.67. The maximum atomic E-state index is 11.6. The molecule has 0 aromatic heterocycles. The first-order chi connectivity index (χ1) is 10.4. The lowest BCUT2D eigenvalue weighted by Gasteiger charge is -2.03. The second kappa shape index (κ2) is 8.33. The molecule has 0 spiro atoms. The maximum Gasteiger partial charge on any atom is 0.257 e. The van der Waals surface area contributed by atoms with Crippen LogP contribution in [0.4, 0.5) is 0 Å². The van der Waals surface area contributed by atoms with Gasteiger partial charge >= 0.3 is 0 Å². The highest BCUT2D eigenvalue weighted by atomic mass is 32.2. The van der Waals surface area contributed by atoms with Crippen LogP contribution in [0.1, 0.15) is 35.7 Å². The number of hydrogen-bond donors (Lipinski definition) is 2. The van der Waals surface area contributed by atoms with Crippen molar-refractivity contribution in [2.45, 2.75) is 19.8 Å². The lowest BCUT2D eigenvalue weighted by molar-refractivity contribution is -0.114. The summed E-state index contributed by atoms with van der Waals surface area (Å²) in [5, 5.41) is 2.51. The molecular weight excluding hydrogens is 304 g/mol. The summed E-state index contributed by atoms with van der Waals surface area (Å²) in [5.41, 5.74) is 1.19. The minimum atomic E-state index is -3.57. The molecule has 1 rings (SSSR count). The van der Waals surface area contributed by atoms with Gasteiger partial charge in [-0.25, -0.2) is 13.1 Å². The van der Waals surface area contributed by atoms with Crippen LogP contribution in [-0.4, -0.2) is 33.0 Å². The zero-order valence-corrected chi connectivity index (χ0v) is 13.4. The van der Waals surface area contributed by atoms with Crippen LogP contribution in [-0.2, 0) is 14.8 Å². The molecule has 0 atom stereocenters. The number of amides is 2. The van der Waals surface area contributed by atoms with Gasteiger partial charge in [-0.1, -0.05) is 25.5 Å². The summed E-state index contributed by atoms with van der Waals surface area (Å²) in [6.07, 6.45) is 3.88. The molecule has 7 heteroatoms. The molecule has 0 saturated carbocycles. The van der Waals surface area contributed by atoms with E-state index in [4.69, 9.17) is 0 Å². The van der Waals surface area contributed by atoms with Crippen molar-refractivity contribution < 1.29 is 18.0 Å². The van der Waals surface area contributed by atoms with Crippen molar-refractivity contribution in [1.82, 2.24) is 10.0 Å². The van der Waals surface area contributed by atoms with Crippen molar-refractivity contribution in [2.75, 3.05) is 12.8 Å². The number of sulfonamides is 1. The van der Waals surface area contributed by atoms with E-state index in [1.807, 2.05) is 11.6 Å². The smallest absolute Gasteiger partial charge is 0.257 e. The summed E-state index contributed by atoms with van der Waals surface area (Å²) in [6, 6.07) is 6.57. The van der Waals surface area contributed by atoms with Gasteiger partial charge in [0, 0.05) is 18.7 Å². The fraction of sp³-hybridized carbons (Fsp3) is 0.333. The maximum absolute atomic E-state index is 11.6. The van der Waals surface area contributed by atoms with Crippen LogP contribution in [0.15, 0.2) is 30.3 Å². The lowest BCUT2D eigenvalue weighted by Crippen LogP contribution is -2.31. The Bertz CT molecular complexity index is 649. The zero-order valence-electron chi connectivity index (χ0n) is 12.6. The van der Waals surface area contributed by atoms with Gasteiger partial charge in [-0.2, -0.15) is 0 Å². The fourth-order valence-electron chi connectivity index (χ4n) is 1.63. The first-order valence-electron chi connectivity index (χ1n) is 6.92. The minimum absolute atomic E-state index is 0.0656. The van der Waals surface area contributed by atoms with Gasteiger partial charge in [0.1, 0.15) is 0 Å². The Morgan fingerprint density at radius 3 is 2.36 bits per heavy atom. The van der Waals surface area contributed by atoms with E-state index in [-0.39, 0.29) is 11.7 Å². The van der Waals surface area contributed by atoms with Gasteiger partial charge in [0.15, 0.2) is 0 Å². The molecule has 0 aliphatic rings. The van der Waals surface area contributed by atoms with Crippen LogP contribution in [0, 0.1) is 0 Å². The lowest BCUT2D eigenvalue weighted by atomic mass is 10.1. The number of carbonyl (C=O) groups is 2. The van der Waals surface area contributed by atoms with E-state index in [9.17, 15) is 18.0 Å². The molecule has 0 unspecified atom stereocenters. The second-order valence-corrected chi connectivity index (χ2v) is 6.52. The molecule has 0 aliphatic heterocycles. The molecule has 2 amide bonds. The summed E-state index contributed by atoms with van der Waals surface area (Å²) in [4.78, 5) is 22.9. The monoisotopic (exact) mass is 324 g/mol. The van der Waals surface area contributed by atoms with Crippen LogP contribution in [0.2, 0.25) is 0 Å². The third kappa shape index (κ3) is 6.09. The highest BCUT2D eigenvalue weighted by Gasteiger charge is 2.11. The predicted molar refractivity (Wildman–Crippen MR) is 85.7 cm³/mol. The van der Waals surface area contributed by atoms with Crippen LogP contribution in [0.3, 0.4) is 0 Å². The summed E-state index contributed by atoms with van der Waals surface area (Å²) < 4.78 is 25.1. The standard InChI is InChI=1S/C15H20N2O4S/c1-3-4-11-22(20,21)17-14(18)10-7-12-5-8-13(9-6-12)15(19)16-2/h5-10H,3-4,11H2,1-2H3,(H,16,19)(H,17,18). The molecule has 0 aliphatic carbocycles. The van der Waals surface area contributed by atoms with Crippen molar-refractivity contribution in [2.24, 2.45) is 0 Å². The molecule has 0 fully saturated rings. The topological polar surface area (TPSA) is 92.3 Å². The molecule has 6 nitrogen and oxygen atoms in total. The third-order valence-electron chi connectivity index (χ3n) is 2.85. The van der Waals surface area contributed by atoms with Crippen LogP contribution in [0.5, 0.6) is 0 Å².